The standard InChI is InChI=1S/C25H32N2O4/c1-5-19-15-20(21-13-14-27(16-21)24(29)31-25(2,3)4)11-12-22(19)26-23(28)30-17-18-9-7-6-8-10-18/h6-12,15,21H,5,13-14,16-17H2,1-4H3,(H,26,28). The number of nitrogens with zero attached hydrogens (tertiary/aromatic N) is 1. The second-order valence-electron chi connectivity index (χ2n) is 8.87. The predicted molar refractivity (Wildman–Crippen MR) is 121 cm³/mol. The molecule has 6 nitrogen and oxygen atoms in total. The van der Waals surface area contributed by atoms with Crippen LogP contribution in [0.5, 0.6) is 0 Å². The third-order valence-electron chi connectivity index (χ3n) is 5.27. The largest absolute Gasteiger partial charge is 0.444 e. The summed E-state index contributed by atoms with van der Waals surface area (Å²) < 4.78 is 10.8. The molecule has 1 saturated heterocycles. The van der Waals surface area contributed by atoms with Crippen molar-refractivity contribution in [3.8, 4) is 0 Å². The van der Waals surface area contributed by atoms with Crippen LogP contribution < -0.4 is 5.32 Å². The van der Waals surface area contributed by atoms with Crippen molar-refractivity contribution in [2.24, 2.45) is 0 Å². The summed E-state index contributed by atoms with van der Waals surface area (Å²) in [6.07, 6.45) is 0.951. The Kier molecular flexibility index (Phi) is 7.21. The Balaban J connectivity index is 1.59. The van der Waals surface area contributed by atoms with Gasteiger partial charge in [0.25, 0.3) is 0 Å². The SMILES string of the molecule is CCc1cc(C2CCN(C(=O)OC(C)(C)C)C2)ccc1NC(=O)OCc1ccccc1. The van der Waals surface area contributed by atoms with E-state index in [2.05, 4.69) is 18.3 Å². The predicted octanol–water partition coefficient (Wildman–Crippen LogP) is 5.72. The number of carbonyl (C=O) groups excluding carboxylic acids is 2. The summed E-state index contributed by atoms with van der Waals surface area (Å²) in [5.41, 5.74) is 3.43. The Bertz CT molecular complexity index is 905. The quantitative estimate of drug-likeness (QED) is 0.666. The minimum Gasteiger partial charge on any atom is -0.444 e. The van der Waals surface area contributed by atoms with Crippen LogP contribution in [0.3, 0.4) is 0 Å². The van der Waals surface area contributed by atoms with Crippen LogP contribution in [0.2, 0.25) is 0 Å². The van der Waals surface area contributed by atoms with Gasteiger partial charge in [-0.25, -0.2) is 9.59 Å². The van der Waals surface area contributed by atoms with Gasteiger partial charge in [0.2, 0.25) is 0 Å². The molecule has 3 rings (SSSR count). The second-order valence-corrected chi connectivity index (χ2v) is 8.87. The normalized spacial score (nSPS) is 16.1. The molecule has 1 aliphatic rings. The summed E-state index contributed by atoms with van der Waals surface area (Å²) in [6.45, 7) is 9.25. The van der Waals surface area contributed by atoms with Crippen molar-refractivity contribution in [1.29, 1.82) is 0 Å². The lowest BCUT2D eigenvalue weighted by Crippen LogP contribution is -2.35. The molecule has 0 aromatic heterocycles. The van der Waals surface area contributed by atoms with E-state index in [1.807, 2.05) is 63.2 Å². The van der Waals surface area contributed by atoms with Crippen LogP contribution in [0.25, 0.3) is 0 Å². The van der Waals surface area contributed by atoms with E-state index in [1.165, 1.54) is 5.56 Å². The Hall–Kier alpha value is -3.02. The maximum atomic E-state index is 12.3. The molecule has 0 saturated carbocycles. The number of amides is 2. The minimum atomic E-state index is -0.493. The number of hydrogen-bond acceptors (Lipinski definition) is 4. The molecule has 0 aliphatic carbocycles. The van der Waals surface area contributed by atoms with Crippen LogP contribution in [-0.2, 0) is 22.5 Å². The fourth-order valence-corrected chi connectivity index (χ4v) is 3.68. The summed E-state index contributed by atoms with van der Waals surface area (Å²) in [6, 6.07) is 15.7. The molecule has 31 heavy (non-hydrogen) atoms. The number of rotatable bonds is 5. The van der Waals surface area contributed by atoms with Crippen LogP contribution in [-0.4, -0.2) is 35.8 Å². The van der Waals surface area contributed by atoms with Crippen molar-refractivity contribution < 1.29 is 19.1 Å². The molecular formula is C25H32N2O4. The van der Waals surface area contributed by atoms with Gasteiger partial charge in [0.15, 0.2) is 0 Å². The summed E-state index contributed by atoms with van der Waals surface area (Å²) in [7, 11) is 0. The molecule has 0 bridgehead atoms. The first-order chi connectivity index (χ1) is 14.7. The number of nitrogens with one attached hydrogen (secondary N) is 1. The molecule has 6 heteroatoms. The van der Waals surface area contributed by atoms with Crippen molar-refractivity contribution in [1.82, 2.24) is 4.90 Å². The first-order valence-corrected chi connectivity index (χ1v) is 10.8. The minimum absolute atomic E-state index is 0.231. The van der Waals surface area contributed by atoms with Gasteiger partial charge in [-0.15, -0.1) is 0 Å². The number of likely N-dealkylation sites (tertiary alicyclic amines) is 1. The number of benzene rings is 2. The maximum Gasteiger partial charge on any atom is 0.411 e. The lowest BCUT2D eigenvalue weighted by atomic mass is 9.95. The molecule has 1 atom stereocenters. The van der Waals surface area contributed by atoms with Gasteiger partial charge in [0.05, 0.1) is 0 Å². The molecular weight excluding hydrogens is 392 g/mol. The van der Waals surface area contributed by atoms with Gasteiger partial charge in [-0.05, 0) is 56.4 Å². The summed E-state index contributed by atoms with van der Waals surface area (Å²) in [5.74, 6) is 0.261. The van der Waals surface area contributed by atoms with Crippen LogP contribution in [0.4, 0.5) is 15.3 Å². The number of anilines is 1. The average Bonchev–Trinajstić information content (AvgIpc) is 3.23. The van der Waals surface area contributed by atoms with Crippen molar-refractivity contribution in [2.45, 2.75) is 58.7 Å². The number of aryl methyl sites for hydroxylation is 1. The molecule has 1 N–H and O–H groups in total. The zero-order valence-corrected chi connectivity index (χ0v) is 18.8. The van der Waals surface area contributed by atoms with Gasteiger partial charge in [-0.3, -0.25) is 5.32 Å². The lowest BCUT2D eigenvalue weighted by molar-refractivity contribution is 0.0292. The fraction of sp³-hybridized carbons (Fsp3) is 0.440. The highest BCUT2D eigenvalue weighted by Gasteiger charge is 2.30. The third kappa shape index (κ3) is 6.48. The number of ether oxygens (including phenoxy) is 2. The summed E-state index contributed by atoms with van der Waals surface area (Å²) in [4.78, 5) is 26.4. The molecule has 0 radical (unpaired) electrons. The highest BCUT2D eigenvalue weighted by atomic mass is 16.6. The Morgan fingerprint density at radius 1 is 1.13 bits per heavy atom. The lowest BCUT2D eigenvalue weighted by Gasteiger charge is -2.24. The van der Waals surface area contributed by atoms with Crippen molar-refractivity contribution >= 4 is 17.9 Å². The average molecular weight is 425 g/mol. The van der Waals surface area contributed by atoms with Crippen molar-refractivity contribution in [3.05, 3.63) is 65.2 Å². The van der Waals surface area contributed by atoms with Gasteiger partial charge < -0.3 is 14.4 Å². The van der Waals surface area contributed by atoms with Gasteiger partial charge in [-0.1, -0.05) is 49.4 Å². The highest BCUT2D eigenvalue weighted by Crippen LogP contribution is 2.31. The summed E-state index contributed by atoms with van der Waals surface area (Å²) >= 11 is 0. The molecule has 2 amide bonds. The molecule has 2 aromatic rings. The molecule has 2 aromatic carbocycles. The first kappa shape index (κ1) is 22.7. The molecule has 1 fully saturated rings. The van der Waals surface area contributed by atoms with E-state index in [9.17, 15) is 9.59 Å². The fourth-order valence-electron chi connectivity index (χ4n) is 3.68. The van der Waals surface area contributed by atoms with E-state index in [1.54, 1.807) is 4.90 Å². The molecule has 1 unspecified atom stereocenters. The molecule has 1 aliphatic heterocycles. The zero-order valence-electron chi connectivity index (χ0n) is 18.8. The molecule has 166 valence electrons. The third-order valence-corrected chi connectivity index (χ3v) is 5.27. The van der Waals surface area contributed by atoms with Crippen LogP contribution in [0.1, 0.15) is 56.7 Å². The number of hydrogen-bond donors (Lipinski definition) is 1. The van der Waals surface area contributed by atoms with E-state index in [0.29, 0.717) is 13.1 Å². The van der Waals surface area contributed by atoms with Crippen LogP contribution in [0.15, 0.2) is 48.5 Å². The zero-order chi connectivity index (χ0) is 22.4. The Labute approximate surface area is 184 Å². The maximum absolute atomic E-state index is 12.3. The van der Waals surface area contributed by atoms with Crippen molar-refractivity contribution in [2.75, 3.05) is 18.4 Å². The van der Waals surface area contributed by atoms with Gasteiger partial charge in [0.1, 0.15) is 12.2 Å². The molecule has 0 spiro atoms. The molecule has 1 heterocycles. The van der Waals surface area contributed by atoms with E-state index >= 15 is 0 Å². The number of carbonyl (C=O) groups is 2. The van der Waals surface area contributed by atoms with E-state index < -0.39 is 11.7 Å². The van der Waals surface area contributed by atoms with E-state index in [4.69, 9.17) is 9.47 Å². The monoisotopic (exact) mass is 424 g/mol. The van der Waals surface area contributed by atoms with Crippen LogP contribution in [0, 0.1) is 0 Å². The van der Waals surface area contributed by atoms with Gasteiger partial charge in [0, 0.05) is 24.7 Å². The van der Waals surface area contributed by atoms with Gasteiger partial charge >= 0.3 is 12.2 Å². The summed E-state index contributed by atoms with van der Waals surface area (Å²) in [5, 5.41) is 2.86. The van der Waals surface area contributed by atoms with Crippen molar-refractivity contribution in [3.63, 3.8) is 0 Å². The first-order valence-electron chi connectivity index (χ1n) is 10.8. The Morgan fingerprint density at radius 3 is 2.55 bits per heavy atom. The van der Waals surface area contributed by atoms with Crippen LogP contribution >= 0.6 is 0 Å². The van der Waals surface area contributed by atoms with Gasteiger partial charge in [-0.2, -0.15) is 0 Å². The highest BCUT2D eigenvalue weighted by molar-refractivity contribution is 5.85. The smallest absolute Gasteiger partial charge is 0.411 e. The second kappa shape index (κ2) is 9.86. The Morgan fingerprint density at radius 2 is 1.87 bits per heavy atom. The topological polar surface area (TPSA) is 67.9 Å². The van der Waals surface area contributed by atoms with E-state index in [0.717, 1.165) is 29.7 Å². The van der Waals surface area contributed by atoms with E-state index in [-0.39, 0.29) is 18.6 Å².